The Morgan fingerprint density at radius 3 is 3.09 bits per heavy atom. The molecule has 1 fully saturated rings. The predicted octanol–water partition coefficient (Wildman–Crippen LogP) is 2.40. The Bertz CT molecular complexity index is 740. The van der Waals surface area contributed by atoms with Crippen molar-refractivity contribution in [2.24, 2.45) is 0 Å². The van der Waals surface area contributed by atoms with Gasteiger partial charge in [-0.3, -0.25) is 9.48 Å². The van der Waals surface area contributed by atoms with Gasteiger partial charge in [0.2, 0.25) is 6.79 Å². The highest BCUT2D eigenvalue weighted by atomic mass is 16.7. The minimum Gasteiger partial charge on any atom is -0.454 e. The molecule has 0 bridgehead atoms. The Hall–Kier alpha value is -2.50. The van der Waals surface area contributed by atoms with Gasteiger partial charge < -0.3 is 14.4 Å². The summed E-state index contributed by atoms with van der Waals surface area (Å²) in [6.07, 6.45) is 5.91. The van der Waals surface area contributed by atoms with Gasteiger partial charge in [-0.1, -0.05) is 6.07 Å². The van der Waals surface area contributed by atoms with Gasteiger partial charge in [-0.15, -0.1) is 0 Å². The van der Waals surface area contributed by atoms with Crippen LogP contribution in [0.1, 0.15) is 34.8 Å². The quantitative estimate of drug-likeness (QED) is 0.854. The molecule has 0 spiro atoms. The number of hydrogen-bond donors (Lipinski definition) is 0. The maximum Gasteiger partial charge on any atom is 0.257 e. The van der Waals surface area contributed by atoms with E-state index < -0.39 is 0 Å². The fourth-order valence-electron chi connectivity index (χ4n) is 3.26. The Labute approximate surface area is 134 Å². The van der Waals surface area contributed by atoms with Gasteiger partial charge in [0.05, 0.1) is 17.8 Å². The van der Waals surface area contributed by atoms with Crippen LogP contribution in [-0.2, 0) is 0 Å². The van der Waals surface area contributed by atoms with E-state index in [9.17, 15) is 4.79 Å². The van der Waals surface area contributed by atoms with Gasteiger partial charge in [0.1, 0.15) is 0 Å². The van der Waals surface area contributed by atoms with E-state index in [2.05, 4.69) is 5.10 Å². The second-order valence-corrected chi connectivity index (χ2v) is 6.08. The monoisotopic (exact) mass is 313 g/mol. The average Bonchev–Trinajstić information content (AvgIpc) is 3.22. The second-order valence-electron chi connectivity index (χ2n) is 6.08. The van der Waals surface area contributed by atoms with E-state index in [1.165, 1.54) is 0 Å². The third kappa shape index (κ3) is 2.54. The fraction of sp³-hybridized carbons (Fsp3) is 0.412. The Morgan fingerprint density at radius 2 is 2.26 bits per heavy atom. The Kier molecular flexibility index (Phi) is 3.44. The Balaban J connectivity index is 1.56. The van der Waals surface area contributed by atoms with Crippen LogP contribution in [0, 0.1) is 6.92 Å². The summed E-state index contributed by atoms with van der Waals surface area (Å²) in [6, 6.07) is 5.69. The molecule has 1 aromatic carbocycles. The molecular formula is C17H19N3O3. The molecule has 6 nitrogen and oxygen atoms in total. The lowest BCUT2D eigenvalue weighted by molar-refractivity contribution is 0.0668. The smallest absolute Gasteiger partial charge is 0.257 e. The summed E-state index contributed by atoms with van der Waals surface area (Å²) in [7, 11) is 0. The topological polar surface area (TPSA) is 56.6 Å². The van der Waals surface area contributed by atoms with Crippen LogP contribution in [0.25, 0.3) is 0 Å². The molecule has 4 rings (SSSR count). The fourth-order valence-corrected chi connectivity index (χ4v) is 3.26. The number of carbonyl (C=O) groups is 1. The van der Waals surface area contributed by atoms with E-state index >= 15 is 0 Å². The highest BCUT2D eigenvalue weighted by molar-refractivity contribution is 5.98. The molecule has 0 unspecified atom stereocenters. The molecule has 0 radical (unpaired) electrons. The van der Waals surface area contributed by atoms with Crippen LogP contribution in [0.5, 0.6) is 11.5 Å². The van der Waals surface area contributed by atoms with Crippen molar-refractivity contribution >= 4 is 5.91 Å². The van der Waals surface area contributed by atoms with Gasteiger partial charge in [-0.2, -0.15) is 5.10 Å². The zero-order chi connectivity index (χ0) is 15.8. The normalized spacial score (nSPS) is 19.9. The summed E-state index contributed by atoms with van der Waals surface area (Å²) in [6.45, 7) is 3.64. The largest absolute Gasteiger partial charge is 0.454 e. The number of likely N-dealkylation sites (tertiary alicyclic amines) is 1. The van der Waals surface area contributed by atoms with Gasteiger partial charge in [-0.05, 0) is 37.5 Å². The number of carbonyl (C=O) groups excluding carboxylic acids is 1. The summed E-state index contributed by atoms with van der Waals surface area (Å²) >= 11 is 0. The van der Waals surface area contributed by atoms with Crippen molar-refractivity contribution in [1.29, 1.82) is 0 Å². The summed E-state index contributed by atoms with van der Waals surface area (Å²) in [5.74, 6) is 1.21. The molecule has 0 aliphatic carbocycles. The second kappa shape index (κ2) is 5.61. The average molecular weight is 313 g/mol. The van der Waals surface area contributed by atoms with Crippen molar-refractivity contribution in [3.05, 3.63) is 41.7 Å². The number of benzene rings is 1. The first-order valence-electron chi connectivity index (χ1n) is 7.91. The van der Waals surface area contributed by atoms with Crippen LogP contribution in [0.3, 0.4) is 0 Å². The van der Waals surface area contributed by atoms with Crippen molar-refractivity contribution in [2.75, 3.05) is 19.9 Å². The standard InChI is InChI=1S/C17H19N3O3/c1-12-8-18-20(9-12)13-4-3-7-19(10-13)17(21)14-5-2-6-15-16(14)23-11-22-15/h2,5-6,8-9,13H,3-4,7,10-11H2,1H3/t13-/m0/s1. The highest BCUT2D eigenvalue weighted by Crippen LogP contribution is 2.36. The first-order chi connectivity index (χ1) is 11.2. The maximum absolute atomic E-state index is 12.9. The zero-order valence-corrected chi connectivity index (χ0v) is 13.1. The molecule has 2 aliphatic rings. The third-order valence-corrected chi connectivity index (χ3v) is 4.42. The molecule has 0 saturated carbocycles. The molecular weight excluding hydrogens is 294 g/mol. The zero-order valence-electron chi connectivity index (χ0n) is 13.1. The van der Waals surface area contributed by atoms with Crippen LogP contribution in [0.2, 0.25) is 0 Å². The number of ether oxygens (including phenoxy) is 2. The van der Waals surface area contributed by atoms with E-state index in [1.807, 2.05) is 41.0 Å². The minimum absolute atomic E-state index is 0.000859. The van der Waals surface area contributed by atoms with Crippen LogP contribution in [0.15, 0.2) is 30.6 Å². The van der Waals surface area contributed by atoms with E-state index in [1.54, 1.807) is 6.07 Å². The van der Waals surface area contributed by atoms with Crippen LogP contribution < -0.4 is 9.47 Å². The molecule has 120 valence electrons. The number of hydrogen-bond acceptors (Lipinski definition) is 4. The van der Waals surface area contributed by atoms with Crippen LogP contribution in [-0.4, -0.2) is 40.5 Å². The van der Waals surface area contributed by atoms with Gasteiger partial charge in [0.15, 0.2) is 11.5 Å². The number of aromatic nitrogens is 2. The molecule has 1 atom stereocenters. The van der Waals surface area contributed by atoms with Gasteiger partial charge in [0.25, 0.3) is 5.91 Å². The van der Waals surface area contributed by atoms with Crippen LogP contribution in [0.4, 0.5) is 0 Å². The molecule has 6 heteroatoms. The molecule has 1 amide bonds. The highest BCUT2D eigenvalue weighted by Gasteiger charge is 2.29. The van der Waals surface area contributed by atoms with E-state index in [4.69, 9.17) is 9.47 Å². The first kappa shape index (κ1) is 14.1. The summed E-state index contributed by atoms with van der Waals surface area (Å²) in [5, 5.41) is 4.40. The van der Waals surface area contributed by atoms with Gasteiger partial charge >= 0.3 is 0 Å². The minimum atomic E-state index is 0.000859. The summed E-state index contributed by atoms with van der Waals surface area (Å²) in [4.78, 5) is 14.8. The summed E-state index contributed by atoms with van der Waals surface area (Å²) < 4.78 is 12.8. The predicted molar refractivity (Wildman–Crippen MR) is 83.7 cm³/mol. The molecule has 2 aromatic rings. The van der Waals surface area contributed by atoms with Crippen molar-refractivity contribution in [1.82, 2.24) is 14.7 Å². The third-order valence-electron chi connectivity index (χ3n) is 4.42. The first-order valence-corrected chi connectivity index (χ1v) is 7.91. The molecule has 3 heterocycles. The van der Waals surface area contributed by atoms with Gasteiger partial charge in [0, 0.05) is 19.3 Å². The van der Waals surface area contributed by atoms with E-state index in [0.29, 0.717) is 23.6 Å². The van der Waals surface area contributed by atoms with Crippen molar-refractivity contribution < 1.29 is 14.3 Å². The molecule has 0 N–H and O–H groups in total. The molecule has 1 saturated heterocycles. The number of para-hydroxylation sites is 1. The molecule has 2 aliphatic heterocycles. The molecule has 23 heavy (non-hydrogen) atoms. The van der Waals surface area contributed by atoms with Crippen molar-refractivity contribution in [3.8, 4) is 11.5 Å². The van der Waals surface area contributed by atoms with E-state index in [0.717, 1.165) is 24.9 Å². The lowest BCUT2D eigenvalue weighted by atomic mass is 10.0. The van der Waals surface area contributed by atoms with Gasteiger partial charge in [-0.25, -0.2) is 0 Å². The lowest BCUT2D eigenvalue weighted by Crippen LogP contribution is -2.40. The molecule has 1 aromatic heterocycles. The number of nitrogens with zero attached hydrogens (tertiary/aromatic N) is 3. The maximum atomic E-state index is 12.9. The van der Waals surface area contributed by atoms with Crippen molar-refractivity contribution in [2.45, 2.75) is 25.8 Å². The van der Waals surface area contributed by atoms with Crippen LogP contribution >= 0.6 is 0 Å². The number of piperidine rings is 1. The number of aryl methyl sites for hydroxylation is 1. The Morgan fingerprint density at radius 1 is 1.35 bits per heavy atom. The number of rotatable bonds is 2. The van der Waals surface area contributed by atoms with E-state index in [-0.39, 0.29) is 18.7 Å². The summed E-state index contributed by atoms with van der Waals surface area (Å²) in [5.41, 5.74) is 1.72. The lowest BCUT2D eigenvalue weighted by Gasteiger charge is -2.33. The number of fused-ring (bicyclic) bond motifs is 1. The SMILES string of the molecule is Cc1cnn([C@H]2CCCN(C(=O)c3cccc4c3OCO4)C2)c1. The number of amides is 1. The van der Waals surface area contributed by atoms with Crippen molar-refractivity contribution in [3.63, 3.8) is 0 Å².